The van der Waals surface area contributed by atoms with E-state index in [1.54, 1.807) is 24.3 Å². The van der Waals surface area contributed by atoms with E-state index in [2.05, 4.69) is 5.32 Å². The van der Waals surface area contributed by atoms with Gasteiger partial charge in [-0.15, -0.1) is 0 Å². The Labute approximate surface area is 166 Å². The number of hydrogen-bond donors (Lipinski definition) is 3. The van der Waals surface area contributed by atoms with Crippen molar-refractivity contribution in [1.82, 2.24) is 5.32 Å². The number of aliphatic hydroxyl groups is 1. The van der Waals surface area contributed by atoms with Crippen LogP contribution in [0.25, 0.3) is 0 Å². The van der Waals surface area contributed by atoms with Crippen molar-refractivity contribution in [2.45, 2.75) is 71.2 Å². The summed E-state index contributed by atoms with van der Waals surface area (Å²) in [6, 6.07) is 5.54. The number of benzene rings is 1. The number of unbranched alkanes of at least 4 members (excludes halogenated alkanes) is 1. The fourth-order valence-electron chi connectivity index (χ4n) is 2.73. The first-order valence-corrected chi connectivity index (χ1v) is 9.78. The number of nitrogens with one attached hydrogen (secondary N) is 1. The Morgan fingerprint density at radius 2 is 1.96 bits per heavy atom. The molecule has 0 aromatic heterocycles. The number of nitrogens with two attached hydrogens (primary N) is 1. The molecule has 0 aliphatic carbocycles. The molecule has 0 radical (unpaired) electrons. The number of ketones is 1. The average Bonchev–Trinajstić information content (AvgIpc) is 2.62. The molecule has 6 nitrogen and oxygen atoms in total. The Balaban J connectivity index is 2.68. The molecule has 4 N–H and O–H groups in total. The summed E-state index contributed by atoms with van der Waals surface area (Å²) in [7, 11) is 0. The van der Waals surface area contributed by atoms with Gasteiger partial charge in [-0.3, -0.25) is 4.79 Å². The lowest BCUT2D eigenvalue weighted by Gasteiger charge is -2.24. The molecule has 1 aromatic carbocycles. The summed E-state index contributed by atoms with van der Waals surface area (Å²) in [6.07, 6.45) is 0.473. The van der Waals surface area contributed by atoms with Crippen molar-refractivity contribution in [3.63, 3.8) is 0 Å². The zero-order chi connectivity index (χ0) is 20.4. The first-order valence-electron chi connectivity index (χ1n) is 9.40. The molecule has 0 bridgehead atoms. The third-order valence-corrected chi connectivity index (χ3v) is 4.61. The second-order valence-electron chi connectivity index (χ2n) is 7.15. The summed E-state index contributed by atoms with van der Waals surface area (Å²) in [5.41, 5.74) is 6.61. The summed E-state index contributed by atoms with van der Waals surface area (Å²) < 4.78 is 5.17. The fraction of sp³-hybridized carbons (Fsp3) is 0.600. The molecule has 1 aromatic rings. The van der Waals surface area contributed by atoms with Crippen LogP contribution in [0.15, 0.2) is 24.3 Å². The summed E-state index contributed by atoms with van der Waals surface area (Å²) in [4.78, 5) is 24.7. The molecule has 0 saturated carbocycles. The summed E-state index contributed by atoms with van der Waals surface area (Å²) >= 11 is 6.04. The molecular formula is C20H31ClN2O4. The molecule has 0 saturated heterocycles. The number of aliphatic hydroxyl groups excluding tert-OH is 1. The Kier molecular flexibility index (Phi) is 10.4. The zero-order valence-corrected chi connectivity index (χ0v) is 17.0. The highest BCUT2D eigenvalue weighted by Crippen LogP contribution is 2.16. The van der Waals surface area contributed by atoms with Crippen LogP contribution in [0, 0.1) is 5.92 Å². The Morgan fingerprint density at radius 1 is 1.30 bits per heavy atom. The van der Waals surface area contributed by atoms with Crippen LogP contribution < -0.4 is 11.1 Å². The third-order valence-electron chi connectivity index (χ3n) is 4.24. The molecule has 3 atom stereocenters. The minimum absolute atomic E-state index is 0.00435. The van der Waals surface area contributed by atoms with Gasteiger partial charge in [0.05, 0.1) is 6.04 Å². The van der Waals surface area contributed by atoms with Crippen molar-refractivity contribution in [3.8, 4) is 0 Å². The lowest BCUT2D eigenvalue weighted by molar-refractivity contribution is -0.130. The molecular weight excluding hydrogens is 368 g/mol. The van der Waals surface area contributed by atoms with E-state index >= 15 is 0 Å². The number of carbonyl (C=O) groups excluding carboxylic acids is 2. The maximum Gasteiger partial charge on any atom is 0.408 e. The van der Waals surface area contributed by atoms with Gasteiger partial charge in [0.2, 0.25) is 0 Å². The quantitative estimate of drug-likeness (QED) is 0.530. The van der Waals surface area contributed by atoms with Crippen LogP contribution >= 0.6 is 11.6 Å². The Bertz CT molecular complexity index is 609. The maximum absolute atomic E-state index is 12.6. The number of Topliss-reactive ketones (excluding diaryl/α,β-unsaturated/α-hetero) is 1. The SMILES string of the molecule is CCCC[C@H](NC(=O)OCc1ccccc1Cl)C(=O)C(O)[C@@H](N)CC(C)C. The summed E-state index contributed by atoms with van der Waals surface area (Å²) in [5.74, 6) is -0.226. The highest BCUT2D eigenvalue weighted by atomic mass is 35.5. The number of rotatable bonds is 11. The van der Waals surface area contributed by atoms with E-state index in [1.165, 1.54) is 0 Å². The highest BCUT2D eigenvalue weighted by molar-refractivity contribution is 6.31. The van der Waals surface area contributed by atoms with Gasteiger partial charge in [0, 0.05) is 16.6 Å². The average molecular weight is 399 g/mol. The van der Waals surface area contributed by atoms with Crippen molar-refractivity contribution < 1.29 is 19.4 Å². The number of carbonyl (C=O) groups is 2. The topological polar surface area (TPSA) is 102 Å². The largest absolute Gasteiger partial charge is 0.445 e. The van der Waals surface area contributed by atoms with Crippen molar-refractivity contribution in [2.24, 2.45) is 11.7 Å². The molecule has 7 heteroatoms. The minimum Gasteiger partial charge on any atom is -0.445 e. The van der Waals surface area contributed by atoms with E-state index in [-0.39, 0.29) is 12.5 Å². The number of alkyl carbamates (subject to hydrolysis) is 1. The molecule has 0 heterocycles. The second kappa shape index (κ2) is 12.0. The molecule has 27 heavy (non-hydrogen) atoms. The van der Waals surface area contributed by atoms with Gasteiger partial charge < -0.3 is 20.9 Å². The van der Waals surface area contributed by atoms with Gasteiger partial charge in [0.1, 0.15) is 12.7 Å². The lowest BCUT2D eigenvalue weighted by atomic mass is 9.93. The van der Waals surface area contributed by atoms with Crippen LogP contribution in [0.4, 0.5) is 4.79 Å². The van der Waals surface area contributed by atoms with Gasteiger partial charge in [-0.1, -0.05) is 63.4 Å². The number of halogens is 1. The molecule has 0 fully saturated rings. The van der Waals surface area contributed by atoms with Crippen molar-refractivity contribution in [1.29, 1.82) is 0 Å². The van der Waals surface area contributed by atoms with E-state index in [4.69, 9.17) is 22.1 Å². The van der Waals surface area contributed by atoms with Crippen LogP contribution in [-0.4, -0.2) is 35.2 Å². The standard InChI is InChI=1S/C20H31ClN2O4/c1-4-5-10-17(19(25)18(24)16(22)11-13(2)3)23-20(26)27-12-14-8-6-7-9-15(14)21/h6-9,13,16-18,24H,4-5,10-12,22H2,1-3H3,(H,23,26)/t16-,17-,18?/m0/s1. The normalized spacial score (nSPS) is 14.5. The van der Waals surface area contributed by atoms with Gasteiger partial charge in [-0.2, -0.15) is 0 Å². The zero-order valence-electron chi connectivity index (χ0n) is 16.3. The minimum atomic E-state index is -1.32. The molecule has 0 aliphatic rings. The van der Waals surface area contributed by atoms with Crippen LogP contribution in [0.2, 0.25) is 5.02 Å². The monoisotopic (exact) mass is 398 g/mol. The predicted molar refractivity (Wildman–Crippen MR) is 107 cm³/mol. The number of hydrogen-bond acceptors (Lipinski definition) is 5. The van der Waals surface area contributed by atoms with Crippen LogP contribution in [-0.2, 0) is 16.1 Å². The van der Waals surface area contributed by atoms with Gasteiger partial charge in [0.15, 0.2) is 5.78 Å². The number of amides is 1. The van der Waals surface area contributed by atoms with Gasteiger partial charge >= 0.3 is 6.09 Å². The first kappa shape index (κ1) is 23.4. The van der Waals surface area contributed by atoms with E-state index in [1.807, 2.05) is 20.8 Å². The van der Waals surface area contributed by atoms with Gasteiger partial charge in [-0.05, 0) is 24.8 Å². The van der Waals surface area contributed by atoms with Crippen LogP contribution in [0.5, 0.6) is 0 Å². The fourth-order valence-corrected chi connectivity index (χ4v) is 2.92. The third kappa shape index (κ3) is 8.28. The Morgan fingerprint density at radius 3 is 2.56 bits per heavy atom. The van der Waals surface area contributed by atoms with E-state index in [0.29, 0.717) is 23.4 Å². The van der Waals surface area contributed by atoms with Crippen molar-refractivity contribution in [2.75, 3.05) is 0 Å². The van der Waals surface area contributed by atoms with E-state index < -0.39 is 30.1 Å². The van der Waals surface area contributed by atoms with Gasteiger partial charge in [0.25, 0.3) is 0 Å². The van der Waals surface area contributed by atoms with E-state index in [0.717, 1.165) is 12.8 Å². The molecule has 0 aliphatic heterocycles. The second-order valence-corrected chi connectivity index (χ2v) is 7.55. The lowest BCUT2D eigenvalue weighted by Crippen LogP contribution is -2.51. The van der Waals surface area contributed by atoms with Crippen LogP contribution in [0.3, 0.4) is 0 Å². The van der Waals surface area contributed by atoms with Gasteiger partial charge in [-0.25, -0.2) is 4.79 Å². The maximum atomic E-state index is 12.6. The smallest absolute Gasteiger partial charge is 0.408 e. The van der Waals surface area contributed by atoms with Crippen LogP contribution in [0.1, 0.15) is 52.0 Å². The molecule has 152 valence electrons. The van der Waals surface area contributed by atoms with Crippen molar-refractivity contribution in [3.05, 3.63) is 34.9 Å². The molecule has 1 amide bonds. The molecule has 1 unspecified atom stereocenters. The number of ether oxygens (including phenoxy) is 1. The molecule has 0 spiro atoms. The van der Waals surface area contributed by atoms with Crippen molar-refractivity contribution >= 4 is 23.5 Å². The van der Waals surface area contributed by atoms with E-state index in [9.17, 15) is 14.7 Å². The highest BCUT2D eigenvalue weighted by Gasteiger charge is 2.31. The first-order chi connectivity index (χ1) is 12.8. The predicted octanol–water partition coefficient (Wildman–Crippen LogP) is 3.43. The summed E-state index contributed by atoms with van der Waals surface area (Å²) in [6.45, 7) is 5.92. The molecule has 1 rings (SSSR count). The summed E-state index contributed by atoms with van der Waals surface area (Å²) in [5, 5.41) is 13.3. The Hall–Kier alpha value is -1.63.